The van der Waals surface area contributed by atoms with E-state index in [1.54, 1.807) is 0 Å². The molecule has 1 atom stereocenters. The highest BCUT2D eigenvalue weighted by Crippen LogP contribution is 2.33. The zero-order valence-corrected chi connectivity index (χ0v) is 15.2. The van der Waals surface area contributed by atoms with Crippen molar-refractivity contribution >= 4 is 36.2 Å². The van der Waals surface area contributed by atoms with Gasteiger partial charge in [0.05, 0.1) is 23.6 Å². The number of nitrogen functional groups attached to an aromatic ring is 1. The number of nitrogens with zero attached hydrogens (tertiary/aromatic N) is 2. The zero-order valence-electron chi connectivity index (χ0n) is 14.2. The first-order valence-electron chi connectivity index (χ1n) is 8.22. The van der Waals surface area contributed by atoms with Crippen LogP contribution < -0.4 is 11.1 Å². The van der Waals surface area contributed by atoms with Crippen LogP contribution in [0.4, 0.5) is 11.8 Å². The van der Waals surface area contributed by atoms with Gasteiger partial charge < -0.3 is 16.2 Å². The molecule has 0 aliphatic carbocycles. The molecule has 6 heteroatoms. The molecule has 0 saturated heterocycles. The van der Waals surface area contributed by atoms with Crippen LogP contribution in [-0.4, -0.2) is 27.7 Å². The molecular weight excluding hydrogens is 332 g/mol. The molecule has 132 valence electrons. The van der Waals surface area contributed by atoms with E-state index in [1.165, 1.54) is 0 Å². The molecule has 0 aliphatic heterocycles. The van der Waals surface area contributed by atoms with E-state index in [2.05, 4.69) is 40.4 Å². The van der Waals surface area contributed by atoms with Gasteiger partial charge in [-0.05, 0) is 23.6 Å². The molecule has 0 aliphatic rings. The van der Waals surface area contributed by atoms with E-state index in [-0.39, 0.29) is 32.1 Å². The molecule has 0 saturated carbocycles. The van der Waals surface area contributed by atoms with Crippen LogP contribution in [-0.2, 0) is 0 Å². The van der Waals surface area contributed by atoms with E-state index in [4.69, 9.17) is 5.73 Å². The van der Waals surface area contributed by atoms with Crippen molar-refractivity contribution in [2.24, 2.45) is 0 Å². The summed E-state index contributed by atoms with van der Waals surface area (Å²) in [6.45, 7) is 2.14. The van der Waals surface area contributed by atoms with E-state index < -0.39 is 0 Å². The van der Waals surface area contributed by atoms with Crippen molar-refractivity contribution in [1.29, 1.82) is 0 Å². The number of aliphatic hydroxyl groups is 1. The lowest BCUT2D eigenvalue weighted by Crippen LogP contribution is -2.24. The van der Waals surface area contributed by atoms with Crippen LogP contribution >= 0.6 is 13.5 Å². The van der Waals surface area contributed by atoms with Crippen molar-refractivity contribution in [2.75, 3.05) is 17.7 Å². The van der Waals surface area contributed by atoms with E-state index in [0.717, 1.165) is 34.9 Å². The van der Waals surface area contributed by atoms with Crippen molar-refractivity contribution in [3.8, 4) is 11.1 Å². The lowest BCUT2D eigenvalue weighted by molar-refractivity contribution is 0.268. The van der Waals surface area contributed by atoms with Gasteiger partial charge in [0.2, 0.25) is 5.95 Å². The van der Waals surface area contributed by atoms with Crippen molar-refractivity contribution in [1.82, 2.24) is 9.97 Å². The van der Waals surface area contributed by atoms with E-state index in [0.29, 0.717) is 5.82 Å². The highest BCUT2D eigenvalue weighted by Gasteiger charge is 2.15. The second kappa shape index (κ2) is 8.69. The van der Waals surface area contributed by atoms with Crippen molar-refractivity contribution in [2.45, 2.75) is 25.8 Å². The first kappa shape index (κ1) is 19.0. The van der Waals surface area contributed by atoms with Gasteiger partial charge in [-0.15, -0.1) is 0 Å². The van der Waals surface area contributed by atoms with Gasteiger partial charge in [0.25, 0.3) is 0 Å². The van der Waals surface area contributed by atoms with Gasteiger partial charge in [0.15, 0.2) is 0 Å². The molecule has 0 spiro atoms. The fraction of sp³-hybridized carbons (Fsp3) is 0.263. The molecule has 1 aromatic heterocycles. The maximum atomic E-state index is 9.61. The summed E-state index contributed by atoms with van der Waals surface area (Å²) in [5.74, 6) is 0.896. The highest BCUT2D eigenvalue weighted by molar-refractivity contribution is 7.59. The fourth-order valence-corrected chi connectivity index (χ4v) is 2.91. The third-order valence-corrected chi connectivity index (χ3v) is 4.02. The SMILES string of the molecule is CCC[C@@H](CO)Nc1nc(N)nc2cccc(-c3ccccc3)c12.S. The highest BCUT2D eigenvalue weighted by atomic mass is 32.1. The van der Waals surface area contributed by atoms with E-state index >= 15 is 0 Å². The average molecular weight is 356 g/mol. The first-order valence-corrected chi connectivity index (χ1v) is 8.22. The normalized spacial score (nSPS) is 11.8. The molecule has 0 amide bonds. The Labute approximate surface area is 154 Å². The number of fused-ring (bicyclic) bond motifs is 1. The quantitative estimate of drug-likeness (QED) is 0.629. The lowest BCUT2D eigenvalue weighted by atomic mass is 10.0. The van der Waals surface area contributed by atoms with Crippen LogP contribution in [0.3, 0.4) is 0 Å². The monoisotopic (exact) mass is 356 g/mol. The number of nitrogens with two attached hydrogens (primary N) is 1. The molecule has 3 rings (SSSR count). The van der Waals surface area contributed by atoms with Crippen LogP contribution in [0.2, 0.25) is 0 Å². The maximum Gasteiger partial charge on any atom is 0.222 e. The Hall–Kier alpha value is -2.31. The smallest absolute Gasteiger partial charge is 0.222 e. The number of aliphatic hydroxyl groups excluding tert-OH is 1. The summed E-state index contributed by atoms with van der Waals surface area (Å²) in [5.41, 5.74) is 8.81. The molecule has 25 heavy (non-hydrogen) atoms. The van der Waals surface area contributed by atoms with Crippen molar-refractivity contribution in [3.63, 3.8) is 0 Å². The second-order valence-corrected chi connectivity index (χ2v) is 5.81. The number of anilines is 2. The summed E-state index contributed by atoms with van der Waals surface area (Å²) in [5, 5.41) is 13.9. The van der Waals surface area contributed by atoms with E-state index in [1.807, 2.05) is 30.3 Å². The topological polar surface area (TPSA) is 84.1 Å². The molecule has 0 fully saturated rings. The lowest BCUT2D eigenvalue weighted by Gasteiger charge is -2.19. The van der Waals surface area contributed by atoms with Crippen molar-refractivity contribution in [3.05, 3.63) is 48.5 Å². The van der Waals surface area contributed by atoms with Gasteiger partial charge in [-0.2, -0.15) is 18.5 Å². The Balaban J connectivity index is 0.00000225. The average Bonchev–Trinajstić information content (AvgIpc) is 2.61. The standard InChI is InChI=1S/C19H22N4O.H2S/c1-2-7-14(12-24)21-18-17-15(13-8-4-3-5-9-13)10-6-11-16(17)22-19(20)23-18;/h3-6,8-11,14,24H,2,7,12H2,1H3,(H3,20,21,22,23);1H2/t14-;/m0./s1. The van der Waals surface area contributed by atoms with Gasteiger partial charge in [0, 0.05) is 0 Å². The number of aromatic nitrogens is 2. The van der Waals surface area contributed by atoms with E-state index in [9.17, 15) is 5.11 Å². The number of nitrogens with one attached hydrogen (secondary N) is 1. The Bertz CT molecular complexity index is 826. The summed E-state index contributed by atoms with van der Waals surface area (Å²) in [6.07, 6.45) is 1.83. The van der Waals surface area contributed by atoms with Gasteiger partial charge in [0.1, 0.15) is 5.82 Å². The summed E-state index contributed by atoms with van der Waals surface area (Å²) in [6, 6.07) is 16.0. The molecule has 3 aromatic rings. The van der Waals surface area contributed by atoms with Gasteiger partial charge in [-0.3, -0.25) is 0 Å². The number of hydrogen-bond acceptors (Lipinski definition) is 5. The Morgan fingerprint density at radius 2 is 1.84 bits per heavy atom. The minimum absolute atomic E-state index is 0. The van der Waals surface area contributed by atoms with Crippen LogP contribution in [0, 0.1) is 0 Å². The van der Waals surface area contributed by atoms with Gasteiger partial charge in [-0.1, -0.05) is 55.8 Å². The van der Waals surface area contributed by atoms with Gasteiger partial charge in [-0.25, -0.2) is 4.98 Å². The Kier molecular flexibility index (Phi) is 6.61. The second-order valence-electron chi connectivity index (χ2n) is 5.81. The molecule has 2 aromatic carbocycles. The summed E-state index contributed by atoms with van der Waals surface area (Å²) in [4.78, 5) is 8.77. The third-order valence-electron chi connectivity index (χ3n) is 4.02. The molecule has 0 unspecified atom stereocenters. The summed E-state index contributed by atoms with van der Waals surface area (Å²) in [7, 11) is 0. The summed E-state index contributed by atoms with van der Waals surface area (Å²) >= 11 is 0. The minimum Gasteiger partial charge on any atom is -0.394 e. The molecule has 5 nitrogen and oxygen atoms in total. The molecule has 0 bridgehead atoms. The Morgan fingerprint density at radius 3 is 2.52 bits per heavy atom. The van der Waals surface area contributed by atoms with Crippen LogP contribution in [0.5, 0.6) is 0 Å². The van der Waals surface area contributed by atoms with Crippen LogP contribution in [0.1, 0.15) is 19.8 Å². The molecule has 4 N–H and O–H groups in total. The number of benzene rings is 2. The Morgan fingerprint density at radius 1 is 1.08 bits per heavy atom. The molecule has 1 heterocycles. The maximum absolute atomic E-state index is 9.61. The number of rotatable bonds is 6. The zero-order chi connectivity index (χ0) is 16.9. The van der Waals surface area contributed by atoms with Crippen molar-refractivity contribution < 1.29 is 5.11 Å². The minimum atomic E-state index is -0.0590. The van der Waals surface area contributed by atoms with Crippen LogP contribution in [0.15, 0.2) is 48.5 Å². The molecule has 0 radical (unpaired) electrons. The number of hydrogen-bond donors (Lipinski definition) is 3. The predicted molar refractivity (Wildman–Crippen MR) is 109 cm³/mol. The van der Waals surface area contributed by atoms with Gasteiger partial charge >= 0.3 is 0 Å². The largest absolute Gasteiger partial charge is 0.394 e. The summed E-state index contributed by atoms with van der Waals surface area (Å²) < 4.78 is 0. The predicted octanol–water partition coefficient (Wildman–Crippen LogP) is 3.56. The first-order chi connectivity index (χ1) is 11.7. The molecular formula is C19H24N4OS. The van der Waals surface area contributed by atoms with Crippen LogP contribution in [0.25, 0.3) is 22.0 Å². The third kappa shape index (κ3) is 4.21. The fourth-order valence-electron chi connectivity index (χ4n) is 2.91.